The molecule has 0 aromatic carbocycles. The highest BCUT2D eigenvalue weighted by molar-refractivity contribution is 5.72. The van der Waals surface area contributed by atoms with Gasteiger partial charge in [-0.2, -0.15) is 0 Å². The van der Waals surface area contributed by atoms with Crippen molar-refractivity contribution in [3.63, 3.8) is 0 Å². The molecule has 0 aromatic rings. The molecule has 0 spiro atoms. The predicted molar refractivity (Wildman–Crippen MR) is 29.4 cm³/mol. The summed E-state index contributed by atoms with van der Waals surface area (Å²) in [7, 11) is 0. The maximum absolute atomic E-state index is 10.0. The maximum Gasteiger partial charge on any atom is 0.335 e. The highest BCUT2D eigenvalue weighted by Gasteiger charge is 2.39. The van der Waals surface area contributed by atoms with Crippen LogP contribution in [-0.2, 0) is 9.53 Å². The molecular weight excluding hydrogens is 140 g/mol. The van der Waals surface area contributed by atoms with E-state index in [0.717, 1.165) is 0 Å². The lowest BCUT2D eigenvalue weighted by Crippen LogP contribution is -2.37. The Kier molecular flexibility index (Phi) is 1.89. The normalized spacial score (nSPS) is 29.2. The lowest BCUT2D eigenvalue weighted by Gasteiger charge is -2.09. The molecule has 1 fully saturated rings. The second kappa shape index (κ2) is 2.53. The van der Waals surface area contributed by atoms with Gasteiger partial charge < -0.3 is 20.1 Å². The smallest absolute Gasteiger partial charge is 0.335 e. The molecule has 0 radical (unpaired) electrons. The summed E-state index contributed by atoms with van der Waals surface area (Å²) >= 11 is 0. The number of hydrogen-bond donors (Lipinski definition) is 3. The molecule has 10 heavy (non-hydrogen) atoms. The second-order valence-electron chi connectivity index (χ2n) is 2.15. The number of aliphatic hydroxyl groups excluding tert-OH is 2. The van der Waals surface area contributed by atoms with Crippen LogP contribution >= 0.6 is 0 Å². The summed E-state index contributed by atoms with van der Waals surface area (Å²) in [6, 6.07) is 0. The minimum Gasteiger partial charge on any atom is -0.479 e. The van der Waals surface area contributed by atoms with Crippen molar-refractivity contribution in [1.29, 1.82) is 0 Å². The Morgan fingerprint density at radius 3 is 2.40 bits per heavy atom. The average Bonchev–Trinajstić information content (AvgIpc) is 2.65. The van der Waals surface area contributed by atoms with Crippen molar-refractivity contribution >= 4 is 5.97 Å². The molecule has 5 heteroatoms. The van der Waals surface area contributed by atoms with Gasteiger partial charge >= 0.3 is 5.97 Å². The third-order valence-corrected chi connectivity index (χ3v) is 1.32. The third kappa shape index (κ3) is 1.44. The van der Waals surface area contributed by atoms with Crippen molar-refractivity contribution in [1.82, 2.24) is 0 Å². The largest absolute Gasteiger partial charge is 0.479 e. The van der Waals surface area contributed by atoms with Gasteiger partial charge in [0, 0.05) is 0 Å². The van der Waals surface area contributed by atoms with E-state index in [2.05, 4.69) is 4.74 Å². The van der Waals surface area contributed by atoms with Crippen molar-refractivity contribution in [2.24, 2.45) is 0 Å². The second-order valence-corrected chi connectivity index (χ2v) is 2.15. The monoisotopic (exact) mass is 148 g/mol. The molecule has 0 amide bonds. The number of rotatable bonds is 3. The van der Waals surface area contributed by atoms with E-state index in [1.165, 1.54) is 0 Å². The summed E-state index contributed by atoms with van der Waals surface area (Å²) in [5.74, 6) is -1.43. The van der Waals surface area contributed by atoms with Crippen LogP contribution in [0.5, 0.6) is 0 Å². The van der Waals surface area contributed by atoms with Crippen LogP contribution in [0.2, 0.25) is 0 Å². The summed E-state index contributed by atoms with van der Waals surface area (Å²) in [6.07, 6.45) is -3.52. The Morgan fingerprint density at radius 1 is 1.60 bits per heavy atom. The van der Waals surface area contributed by atoms with Crippen LogP contribution in [0.3, 0.4) is 0 Å². The lowest BCUT2D eigenvalue weighted by atomic mass is 10.1. The van der Waals surface area contributed by atoms with Crippen molar-refractivity contribution in [3.8, 4) is 0 Å². The van der Waals surface area contributed by atoms with Gasteiger partial charge in [-0.15, -0.1) is 0 Å². The Bertz CT molecular complexity index is 141. The average molecular weight is 148 g/mol. The molecular formula is C5H8O5. The minimum atomic E-state index is -1.73. The van der Waals surface area contributed by atoms with Crippen LogP contribution in [-0.4, -0.2) is 46.2 Å². The molecule has 1 saturated heterocycles. The molecule has 0 aliphatic carbocycles. The van der Waals surface area contributed by atoms with Crippen molar-refractivity contribution in [2.45, 2.75) is 18.3 Å². The third-order valence-electron chi connectivity index (χ3n) is 1.32. The minimum absolute atomic E-state index is 0.325. The van der Waals surface area contributed by atoms with E-state index in [1.54, 1.807) is 0 Å². The SMILES string of the molecule is O=C(O)C(O)C(O)C1CO1. The first-order valence-electron chi connectivity index (χ1n) is 2.83. The summed E-state index contributed by atoms with van der Waals surface area (Å²) in [5, 5.41) is 25.7. The predicted octanol–water partition coefficient (Wildman–Crippen LogP) is -1.81. The number of carboxylic acid groups (broad SMARTS) is 1. The van der Waals surface area contributed by atoms with Gasteiger partial charge in [-0.25, -0.2) is 4.79 Å². The fraction of sp³-hybridized carbons (Fsp3) is 0.800. The Morgan fingerprint density at radius 2 is 2.10 bits per heavy atom. The first-order valence-corrected chi connectivity index (χ1v) is 2.83. The zero-order valence-electron chi connectivity index (χ0n) is 5.10. The van der Waals surface area contributed by atoms with Gasteiger partial charge in [0.2, 0.25) is 0 Å². The van der Waals surface area contributed by atoms with Gasteiger partial charge in [0.25, 0.3) is 0 Å². The first kappa shape index (κ1) is 7.46. The van der Waals surface area contributed by atoms with E-state index in [1.807, 2.05) is 0 Å². The molecule has 0 bridgehead atoms. The van der Waals surface area contributed by atoms with Crippen LogP contribution in [0.15, 0.2) is 0 Å². The highest BCUT2D eigenvalue weighted by Crippen LogP contribution is 2.16. The molecule has 1 aliphatic heterocycles. The standard InChI is InChI=1S/C5H8O5/c6-3(2-1-10-2)4(7)5(8)9/h2-4,6-7H,1H2,(H,8,9). The molecule has 1 heterocycles. The quantitative estimate of drug-likeness (QED) is 0.410. The summed E-state index contributed by atoms with van der Waals surface area (Å²) in [5.41, 5.74) is 0. The maximum atomic E-state index is 10.0. The van der Waals surface area contributed by atoms with E-state index in [0.29, 0.717) is 6.61 Å². The van der Waals surface area contributed by atoms with Gasteiger partial charge in [0.15, 0.2) is 6.10 Å². The number of aliphatic carboxylic acids is 1. The van der Waals surface area contributed by atoms with Crippen molar-refractivity contribution in [3.05, 3.63) is 0 Å². The summed E-state index contributed by atoms with van der Waals surface area (Å²) < 4.78 is 4.57. The van der Waals surface area contributed by atoms with E-state index in [9.17, 15) is 4.79 Å². The Hall–Kier alpha value is -0.650. The van der Waals surface area contributed by atoms with Gasteiger partial charge in [0.05, 0.1) is 6.61 Å². The zero-order valence-corrected chi connectivity index (χ0v) is 5.10. The molecule has 5 nitrogen and oxygen atoms in total. The van der Waals surface area contributed by atoms with E-state index >= 15 is 0 Å². The number of hydrogen-bond acceptors (Lipinski definition) is 4. The molecule has 58 valence electrons. The van der Waals surface area contributed by atoms with Gasteiger partial charge in [0.1, 0.15) is 12.2 Å². The van der Waals surface area contributed by atoms with Gasteiger partial charge in [-0.3, -0.25) is 0 Å². The van der Waals surface area contributed by atoms with Gasteiger partial charge in [-0.1, -0.05) is 0 Å². The Labute approximate surface area is 56.9 Å². The lowest BCUT2D eigenvalue weighted by molar-refractivity contribution is -0.153. The van der Waals surface area contributed by atoms with Crippen LogP contribution in [0, 0.1) is 0 Å². The van der Waals surface area contributed by atoms with Crippen molar-refractivity contribution in [2.75, 3.05) is 6.61 Å². The fourth-order valence-corrected chi connectivity index (χ4v) is 0.602. The summed E-state index contributed by atoms with van der Waals surface area (Å²) in [6.45, 7) is 0.325. The molecule has 1 aliphatic rings. The molecule has 3 N–H and O–H groups in total. The fourth-order valence-electron chi connectivity index (χ4n) is 0.602. The molecule has 1 rings (SSSR count). The number of carbonyl (C=O) groups is 1. The number of carboxylic acids is 1. The highest BCUT2D eigenvalue weighted by atomic mass is 16.6. The van der Waals surface area contributed by atoms with E-state index < -0.39 is 24.3 Å². The molecule has 3 unspecified atom stereocenters. The Balaban J connectivity index is 2.38. The first-order chi connectivity index (χ1) is 4.63. The van der Waals surface area contributed by atoms with Gasteiger partial charge in [-0.05, 0) is 0 Å². The van der Waals surface area contributed by atoms with Crippen LogP contribution in [0.1, 0.15) is 0 Å². The van der Waals surface area contributed by atoms with Crippen LogP contribution < -0.4 is 0 Å². The van der Waals surface area contributed by atoms with E-state index in [-0.39, 0.29) is 0 Å². The topological polar surface area (TPSA) is 90.3 Å². The zero-order chi connectivity index (χ0) is 7.72. The molecule has 0 aromatic heterocycles. The number of ether oxygens (including phenoxy) is 1. The van der Waals surface area contributed by atoms with E-state index in [4.69, 9.17) is 15.3 Å². The van der Waals surface area contributed by atoms with Crippen LogP contribution in [0.25, 0.3) is 0 Å². The van der Waals surface area contributed by atoms with Crippen LogP contribution in [0.4, 0.5) is 0 Å². The summed E-state index contributed by atoms with van der Waals surface area (Å²) in [4.78, 5) is 10.0. The van der Waals surface area contributed by atoms with Crippen molar-refractivity contribution < 1.29 is 24.9 Å². The molecule has 0 saturated carbocycles. The number of aliphatic hydroxyl groups is 2. The molecule has 3 atom stereocenters. The number of epoxide rings is 1.